The summed E-state index contributed by atoms with van der Waals surface area (Å²) in [6.45, 7) is 12.5. The summed E-state index contributed by atoms with van der Waals surface area (Å²) in [5, 5.41) is 3.43. The number of aromatic nitrogens is 2. The smallest absolute Gasteiger partial charge is 0.111 e. The third kappa shape index (κ3) is 1.99. The second-order valence-electron chi connectivity index (χ2n) is 6.95. The van der Waals surface area contributed by atoms with Gasteiger partial charge in [-0.25, -0.2) is 4.98 Å². The lowest BCUT2D eigenvalue weighted by Gasteiger charge is -2.17. The molecular weight excluding hydrogens is 222 g/mol. The predicted molar refractivity (Wildman–Crippen MR) is 73.6 cm³/mol. The van der Waals surface area contributed by atoms with Crippen LogP contribution in [-0.4, -0.2) is 16.1 Å². The number of rotatable bonds is 3. The van der Waals surface area contributed by atoms with E-state index in [2.05, 4.69) is 37.6 Å². The van der Waals surface area contributed by atoms with Crippen LogP contribution in [0.1, 0.15) is 57.2 Å². The van der Waals surface area contributed by atoms with Crippen molar-refractivity contribution in [1.82, 2.24) is 14.9 Å². The van der Waals surface area contributed by atoms with E-state index in [1.54, 1.807) is 0 Å². The van der Waals surface area contributed by atoms with Crippen molar-refractivity contribution < 1.29 is 0 Å². The molecule has 2 heterocycles. The van der Waals surface area contributed by atoms with Crippen molar-refractivity contribution in [1.29, 1.82) is 0 Å². The second-order valence-corrected chi connectivity index (χ2v) is 6.95. The van der Waals surface area contributed by atoms with Crippen LogP contribution >= 0.6 is 0 Å². The summed E-state index contributed by atoms with van der Waals surface area (Å²) < 4.78 is 2.54. The summed E-state index contributed by atoms with van der Waals surface area (Å²) in [5.41, 5.74) is 3.35. The van der Waals surface area contributed by atoms with E-state index in [9.17, 15) is 0 Å². The van der Waals surface area contributed by atoms with E-state index in [-0.39, 0.29) is 0 Å². The molecule has 0 bridgehead atoms. The number of fused-ring (bicyclic) bond motifs is 1. The molecule has 3 heteroatoms. The lowest BCUT2D eigenvalue weighted by atomic mass is 10.1. The van der Waals surface area contributed by atoms with Crippen LogP contribution in [0, 0.1) is 11.3 Å². The van der Waals surface area contributed by atoms with Crippen molar-refractivity contribution in [3.8, 4) is 0 Å². The quantitative estimate of drug-likeness (QED) is 0.890. The molecule has 1 aliphatic heterocycles. The van der Waals surface area contributed by atoms with Gasteiger partial charge in [0.1, 0.15) is 5.82 Å². The molecule has 2 aliphatic rings. The fourth-order valence-electron chi connectivity index (χ4n) is 3.14. The van der Waals surface area contributed by atoms with Crippen molar-refractivity contribution in [2.45, 2.75) is 59.5 Å². The minimum Gasteiger partial charge on any atom is -0.331 e. The molecule has 18 heavy (non-hydrogen) atoms. The van der Waals surface area contributed by atoms with Crippen LogP contribution in [0.25, 0.3) is 0 Å². The molecule has 1 aliphatic carbocycles. The van der Waals surface area contributed by atoms with Gasteiger partial charge in [0, 0.05) is 37.7 Å². The highest BCUT2D eigenvalue weighted by atomic mass is 15.1. The van der Waals surface area contributed by atoms with Gasteiger partial charge in [0.2, 0.25) is 0 Å². The van der Waals surface area contributed by atoms with Gasteiger partial charge >= 0.3 is 0 Å². The summed E-state index contributed by atoms with van der Waals surface area (Å²) in [4.78, 5) is 4.88. The molecule has 0 amide bonds. The molecule has 0 spiro atoms. The Morgan fingerprint density at radius 1 is 1.44 bits per heavy atom. The first-order chi connectivity index (χ1) is 8.49. The normalized spacial score (nSPS) is 25.3. The van der Waals surface area contributed by atoms with Gasteiger partial charge in [-0.1, -0.05) is 27.7 Å². The molecular formula is C15H25N3. The standard InChI is InChI=1S/C15H25N3/c1-10(2)14-17-12-8-16-6-5-13(12)18(14)9-11-7-15(11,3)4/h10-11,16H,5-9H2,1-4H3. The van der Waals surface area contributed by atoms with E-state index in [4.69, 9.17) is 4.98 Å². The number of nitrogens with one attached hydrogen (secondary N) is 1. The van der Waals surface area contributed by atoms with Crippen LogP contribution in [-0.2, 0) is 19.5 Å². The lowest BCUT2D eigenvalue weighted by molar-refractivity contribution is 0.469. The molecule has 0 aromatic carbocycles. The molecule has 1 N–H and O–H groups in total. The summed E-state index contributed by atoms with van der Waals surface area (Å²) in [5.74, 6) is 2.67. The Morgan fingerprint density at radius 3 is 2.78 bits per heavy atom. The number of nitrogens with zero attached hydrogens (tertiary/aromatic N) is 2. The van der Waals surface area contributed by atoms with Gasteiger partial charge < -0.3 is 9.88 Å². The maximum Gasteiger partial charge on any atom is 0.111 e. The van der Waals surface area contributed by atoms with Crippen LogP contribution in [0.2, 0.25) is 0 Å². The first-order valence-corrected chi connectivity index (χ1v) is 7.28. The van der Waals surface area contributed by atoms with Gasteiger partial charge in [-0.2, -0.15) is 0 Å². The number of hydrogen-bond donors (Lipinski definition) is 1. The molecule has 100 valence electrons. The van der Waals surface area contributed by atoms with Crippen molar-refractivity contribution in [2.24, 2.45) is 11.3 Å². The Bertz CT molecular complexity index is 457. The zero-order chi connectivity index (χ0) is 12.9. The summed E-state index contributed by atoms with van der Waals surface area (Å²) in [6, 6.07) is 0. The van der Waals surface area contributed by atoms with Crippen LogP contribution in [0.4, 0.5) is 0 Å². The maximum absolute atomic E-state index is 4.88. The van der Waals surface area contributed by atoms with Crippen LogP contribution in [0.3, 0.4) is 0 Å². The predicted octanol–water partition coefficient (Wildman–Crippen LogP) is 2.70. The Kier molecular flexibility index (Phi) is 2.77. The van der Waals surface area contributed by atoms with Gasteiger partial charge in [0.05, 0.1) is 5.69 Å². The van der Waals surface area contributed by atoms with E-state index in [1.165, 1.54) is 30.2 Å². The van der Waals surface area contributed by atoms with E-state index in [0.29, 0.717) is 11.3 Å². The average molecular weight is 247 g/mol. The highest BCUT2D eigenvalue weighted by Gasteiger charge is 2.46. The van der Waals surface area contributed by atoms with E-state index in [1.807, 2.05) is 0 Å². The minimum absolute atomic E-state index is 0.525. The largest absolute Gasteiger partial charge is 0.331 e. The van der Waals surface area contributed by atoms with Crippen LogP contribution in [0.5, 0.6) is 0 Å². The second kappa shape index (κ2) is 4.09. The molecule has 1 fully saturated rings. The highest BCUT2D eigenvalue weighted by Crippen LogP contribution is 2.52. The van der Waals surface area contributed by atoms with Crippen LogP contribution in [0.15, 0.2) is 0 Å². The van der Waals surface area contributed by atoms with Gasteiger partial charge in [-0.15, -0.1) is 0 Å². The third-order valence-electron chi connectivity index (χ3n) is 4.65. The van der Waals surface area contributed by atoms with Crippen molar-refractivity contribution in [3.63, 3.8) is 0 Å². The monoisotopic (exact) mass is 247 g/mol. The molecule has 1 aromatic heterocycles. The van der Waals surface area contributed by atoms with Crippen molar-refractivity contribution in [2.75, 3.05) is 6.54 Å². The topological polar surface area (TPSA) is 29.9 Å². The first-order valence-electron chi connectivity index (χ1n) is 7.28. The first kappa shape index (κ1) is 12.2. The summed E-state index contributed by atoms with van der Waals surface area (Å²) >= 11 is 0. The fraction of sp³-hybridized carbons (Fsp3) is 0.800. The fourth-order valence-corrected chi connectivity index (χ4v) is 3.14. The Morgan fingerprint density at radius 2 is 2.17 bits per heavy atom. The molecule has 0 saturated heterocycles. The molecule has 1 saturated carbocycles. The molecule has 3 rings (SSSR count). The zero-order valence-corrected chi connectivity index (χ0v) is 12.1. The Labute approximate surface area is 110 Å². The Balaban J connectivity index is 1.92. The highest BCUT2D eigenvalue weighted by molar-refractivity contribution is 5.22. The number of hydrogen-bond acceptors (Lipinski definition) is 2. The molecule has 1 aromatic rings. The Hall–Kier alpha value is -0.830. The third-order valence-corrected chi connectivity index (χ3v) is 4.65. The lowest BCUT2D eigenvalue weighted by Crippen LogP contribution is -2.25. The molecule has 1 atom stereocenters. The summed E-state index contributed by atoms with van der Waals surface area (Å²) in [7, 11) is 0. The summed E-state index contributed by atoms with van der Waals surface area (Å²) in [6.07, 6.45) is 2.51. The number of imidazole rings is 1. The van der Waals surface area contributed by atoms with Gasteiger partial charge in [0.15, 0.2) is 0 Å². The van der Waals surface area contributed by atoms with E-state index < -0.39 is 0 Å². The molecule has 0 radical (unpaired) electrons. The molecule has 1 unspecified atom stereocenters. The van der Waals surface area contributed by atoms with Crippen LogP contribution < -0.4 is 5.32 Å². The van der Waals surface area contributed by atoms with Gasteiger partial charge in [-0.3, -0.25) is 0 Å². The minimum atomic E-state index is 0.525. The van der Waals surface area contributed by atoms with Crippen molar-refractivity contribution in [3.05, 3.63) is 17.2 Å². The van der Waals surface area contributed by atoms with Gasteiger partial charge in [0.25, 0.3) is 0 Å². The van der Waals surface area contributed by atoms with E-state index >= 15 is 0 Å². The molecule has 3 nitrogen and oxygen atoms in total. The maximum atomic E-state index is 4.88. The van der Waals surface area contributed by atoms with Crippen molar-refractivity contribution >= 4 is 0 Å². The average Bonchev–Trinajstić information content (AvgIpc) is 2.76. The van der Waals surface area contributed by atoms with Gasteiger partial charge in [-0.05, 0) is 17.8 Å². The SMILES string of the molecule is CC(C)c1nc2c(n1CC1CC1(C)C)CCNC2. The van der Waals surface area contributed by atoms with E-state index in [0.717, 1.165) is 25.4 Å². The zero-order valence-electron chi connectivity index (χ0n) is 12.1.